The fourth-order valence-corrected chi connectivity index (χ4v) is 4.33. The molecule has 2 aliphatic heterocycles. The molecule has 2 heterocycles. The van der Waals surface area contributed by atoms with Crippen molar-refractivity contribution in [3.8, 4) is 0 Å². The van der Waals surface area contributed by atoms with Crippen molar-refractivity contribution >= 4 is 17.3 Å². The molecule has 2 N–H and O–H groups in total. The van der Waals surface area contributed by atoms with Crippen molar-refractivity contribution < 1.29 is 9.53 Å². The standard InChI is InChI=1S/C25H33N3O2/c29-25(13-8-20-5-2-1-3-6-20)27-22-9-11-23(12-10-22)28-16-14-21(15-17-28)26-19-24-7-4-18-30-24/h1-3,5-6,9-12,21,24,26H,4,7-8,13-19H2,(H,27,29)/t24-/m1/s1. The maximum Gasteiger partial charge on any atom is 0.224 e. The highest BCUT2D eigenvalue weighted by Crippen LogP contribution is 2.22. The summed E-state index contributed by atoms with van der Waals surface area (Å²) in [5, 5.41) is 6.70. The number of carbonyl (C=O) groups is 1. The van der Waals surface area contributed by atoms with Gasteiger partial charge in [0.2, 0.25) is 5.91 Å². The number of rotatable bonds is 8. The normalized spacial score (nSPS) is 19.7. The molecule has 0 aromatic heterocycles. The third-order valence-corrected chi connectivity index (χ3v) is 6.15. The van der Waals surface area contributed by atoms with E-state index in [1.165, 1.54) is 24.1 Å². The molecule has 0 saturated carbocycles. The lowest BCUT2D eigenvalue weighted by molar-refractivity contribution is -0.116. The number of hydrogen-bond acceptors (Lipinski definition) is 4. The average molecular weight is 408 g/mol. The minimum Gasteiger partial charge on any atom is -0.377 e. The van der Waals surface area contributed by atoms with Crippen LogP contribution in [0.4, 0.5) is 11.4 Å². The topological polar surface area (TPSA) is 53.6 Å². The van der Waals surface area contributed by atoms with Gasteiger partial charge in [-0.15, -0.1) is 0 Å². The number of aryl methyl sites for hydroxylation is 1. The largest absolute Gasteiger partial charge is 0.377 e. The Morgan fingerprint density at radius 2 is 1.77 bits per heavy atom. The molecular weight excluding hydrogens is 374 g/mol. The summed E-state index contributed by atoms with van der Waals surface area (Å²) in [6.45, 7) is 4.04. The predicted molar refractivity (Wildman–Crippen MR) is 122 cm³/mol. The summed E-state index contributed by atoms with van der Waals surface area (Å²) in [6.07, 6.45) is 6.39. The first-order valence-electron chi connectivity index (χ1n) is 11.3. The second-order valence-corrected chi connectivity index (χ2v) is 8.39. The van der Waals surface area contributed by atoms with Gasteiger partial charge in [-0.2, -0.15) is 0 Å². The summed E-state index contributed by atoms with van der Waals surface area (Å²) in [7, 11) is 0. The molecule has 0 spiro atoms. The number of hydrogen-bond donors (Lipinski definition) is 2. The molecule has 1 atom stereocenters. The van der Waals surface area contributed by atoms with Crippen molar-refractivity contribution in [2.45, 2.75) is 50.7 Å². The maximum absolute atomic E-state index is 12.2. The second kappa shape index (κ2) is 10.6. The van der Waals surface area contributed by atoms with Gasteiger partial charge in [-0.3, -0.25) is 4.79 Å². The van der Waals surface area contributed by atoms with E-state index in [-0.39, 0.29) is 5.91 Å². The van der Waals surface area contributed by atoms with Crippen molar-refractivity contribution in [3.05, 3.63) is 60.2 Å². The number of nitrogens with one attached hydrogen (secondary N) is 2. The fraction of sp³-hybridized carbons (Fsp3) is 0.480. The monoisotopic (exact) mass is 407 g/mol. The van der Waals surface area contributed by atoms with E-state index >= 15 is 0 Å². The minimum atomic E-state index is 0.0599. The number of nitrogens with zero attached hydrogens (tertiary/aromatic N) is 1. The molecule has 0 unspecified atom stereocenters. The molecule has 0 aliphatic carbocycles. The average Bonchev–Trinajstić information content (AvgIpc) is 3.32. The van der Waals surface area contributed by atoms with Gasteiger partial charge < -0.3 is 20.3 Å². The summed E-state index contributed by atoms with van der Waals surface area (Å²) in [4.78, 5) is 14.7. The molecule has 2 aliphatic rings. The zero-order valence-electron chi connectivity index (χ0n) is 17.7. The Morgan fingerprint density at radius 3 is 2.47 bits per heavy atom. The molecular formula is C25H33N3O2. The molecule has 2 aromatic rings. The Morgan fingerprint density at radius 1 is 1.00 bits per heavy atom. The van der Waals surface area contributed by atoms with Crippen molar-refractivity contribution in [1.82, 2.24) is 5.32 Å². The van der Waals surface area contributed by atoms with Crippen LogP contribution in [-0.4, -0.2) is 44.3 Å². The molecule has 0 radical (unpaired) electrons. The van der Waals surface area contributed by atoms with E-state index in [2.05, 4.69) is 39.8 Å². The lowest BCUT2D eigenvalue weighted by Gasteiger charge is -2.34. The quantitative estimate of drug-likeness (QED) is 0.695. The Labute approximate surface area is 179 Å². The van der Waals surface area contributed by atoms with Gasteiger partial charge >= 0.3 is 0 Å². The molecule has 5 heteroatoms. The van der Waals surface area contributed by atoms with E-state index in [9.17, 15) is 4.79 Å². The van der Waals surface area contributed by atoms with Gasteiger partial charge in [0, 0.05) is 50.1 Å². The molecule has 0 bridgehead atoms. The second-order valence-electron chi connectivity index (χ2n) is 8.39. The van der Waals surface area contributed by atoms with Crippen molar-refractivity contribution in [1.29, 1.82) is 0 Å². The molecule has 2 aromatic carbocycles. The van der Waals surface area contributed by atoms with E-state index < -0.39 is 0 Å². The molecule has 2 saturated heterocycles. The summed E-state index contributed by atoms with van der Waals surface area (Å²) in [5.74, 6) is 0.0599. The number of ether oxygens (including phenoxy) is 1. The van der Waals surface area contributed by atoms with Crippen LogP contribution in [0.3, 0.4) is 0 Å². The van der Waals surface area contributed by atoms with Gasteiger partial charge in [-0.25, -0.2) is 0 Å². The molecule has 160 valence electrons. The number of amides is 1. The number of benzene rings is 2. The Kier molecular flexibility index (Phi) is 7.38. The Bertz CT molecular complexity index is 780. The SMILES string of the molecule is O=C(CCc1ccccc1)Nc1ccc(N2CCC(NC[C@H]3CCCO3)CC2)cc1. The maximum atomic E-state index is 12.2. The van der Waals surface area contributed by atoms with Gasteiger partial charge in [0.15, 0.2) is 0 Å². The van der Waals surface area contributed by atoms with Gasteiger partial charge in [0.1, 0.15) is 0 Å². The van der Waals surface area contributed by atoms with E-state index in [1.54, 1.807) is 0 Å². The van der Waals surface area contributed by atoms with Gasteiger partial charge in [0.05, 0.1) is 6.10 Å². The highest BCUT2D eigenvalue weighted by Gasteiger charge is 2.21. The zero-order chi connectivity index (χ0) is 20.6. The minimum absolute atomic E-state index is 0.0599. The lowest BCUT2D eigenvalue weighted by atomic mass is 10.0. The van der Waals surface area contributed by atoms with Gasteiger partial charge in [-0.05, 0) is 61.9 Å². The summed E-state index contributed by atoms with van der Waals surface area (Å²) < 4.78 is 5.71. The lowest BCUT2D eigenvalue weighted by Crippen LogP contribution is -2.44. The van der Waals surface area contributed by atoms with Crippen LogP contribution in [0.15, 0.2) is 54.6 Å². The first-order chi connectivity index (χ1) is 14.8. The van der Waals surface area contributed by atoms with Crippen LogP contribution < -0.4 is 15.5 Å². The summed E-state index contributed by atoms with van der Waals surface area (Å²) >= 11 is 0. The molecule has 1 amide bonds. The van der Waals surface area contributed by atoms with Crippen LogP contribution in [0.2, 0.25) is 0 Å². The fourth-order valence-electron chi connectivity index (χ4n) is 4.33. The smallest absolute Gasteiger partial charge is 0.224 e. The van der Waals surface area contributed by atoms with E-state index in [1.807, 2.05) is 30.3 Å². The van der Waals surface area contributed by atoms with Crippen molar-refractivity contribution in [3.63, 3.8) is 0 Å². The van der Waals surface area contributed by atoms with Crippen LogP contribution in [0.1, 0.15) is 37.7 Å². The van der Waals surface area contributed by atoms with E-state index in [4.69, 9.17) is 4.74 Å². The molecule has 2 fully saturated rings. The Hall–Kier alpha value is -2.37. The van der Waals surface area contributed by atoms with Crippen LogP contribution >= 0.6 is 0 Å². The van der Waals surface area contributed by atoms with Gasteiger partial charge in [0.25, 0.3) is 0 Å². The van der Waals surface area contributed by atoms with Crippen molar-refractivity contribution in [2.75, 3.05) is 36.5 Å². The highest BCUT2D eigenvalue weighted by molar-refractivity contribution is 5.91. The van der Waals surface area contributed by atoms with Crippen LogP contribution in [0.5, 0.6) is 0 Å². The molecule has 5 nitrogen and oxygen atoms in total. The van der Waals surface area contributed by atoms with E-state index in [0.717, 1.165) is 51.2 Å². The Balaban J connectivity index is 1.18. The number of piperidine rings is 1. The zero-order valence-corrected chi connectivity index (χ0v) is 17.7. The summed E-state index contributed by atoms with van der Waals surface area (Å²) in [6, 6.07) is 19.0. The van der Waals surface area contributed by atoms with Gasteiger partial charge in [-0.1, -0.05) is 30.3 Å². The first-order valence-corrected chi connectivity index (χ1v) is 11.3. The third kappa shape index (κ3) is 6.07. The molecule has 4 rings (SSSR count). The number of anilines is 2. The summed E-state index contributed by atoms with van der Waals surface area (Å²) in [5.41, 5.74) is 3.29. The third-order valence-electron chi connectivity index (χ3n) is 6.15. The van der Waals surface area contributed by atoms with Crippen LogP contribution in [0.25, 0.3) is 0 Å². The predicted octanol–water partition coefficient (Wildman–Crippen LogP) is 4.00. The van der Waals surface area contributed by atoms with Crippen molar-refractivity contribution in [2.24, 2.45) is 0 Å². The first kappa shape index (κ1) is 20.9. The number of carbonyl (C=O) groups excluding carboxylic acids is 1. The van der Waals surface area contributed by atoms with Crippen LogP contribution in [0, 0.1) is 0 Å². The van der Waals surface area contributed by atoms with Crippen LogP contribution in [-0.2, 0) is 16.0 Å². The highest BCUT2D eigenvalue weighted by atomic mass is 16.5. The van der Waals surface area contributed by atoms with E-state index in [0.29, 0.717) is 18.6 Å². The molecule has 30 heavy (non-hydrogen) atoms.